The minimum atomic E-state index is -0.0311. The molecule has 24 heavy (non-hydrogen) atoms. The van der Waals surface area contributed by atoms with Crippen LogP contribution in [0.5, 0.6) is 0 Å². The second-order valence-corrected chi connectivity index (χ2v) is 6.12. The minimum Gasteiger partial charge on any atom is -0.368 e. The fraction of sp³-hybridized carbons (Fsp3) is 0.0588. The topological polar surface area (TPSA) is 86.7 Å². The number of anilines is 1. The highest BCUT2D eigenvalue weighted by Gasteiger charge is 2.16. The summed E-state index contributed by atoms with van der Waals surface area (Å²) < 4.78 is 1.75. The maximum atomic E-state index is 12.8. The van der Waals surface area contributed by atoms with Gasteiger partial charge in [0.1, 0.15) is 6.33 Å². The van der Waals surface area contributed by atoms with E-state index in [-0.39, 0.29) is 17.6 Å². The fourth-order valence-corrected chi connectivity index (χ4v) is 3.41. The number of nitrogens with zero attached hydrogens (tertiary/aromatic N) is 4. The van der Waals surface area contributed by atoms with E-state index in [4.69, 9.17) is 5.73 Å². The zero-order chi connectivity index (χ0) is 16.5. The lowest BCUT2D eigenvalue weighted by molar-refractivity contribution is 0.0951. The summed E-state index contributed by atoms with van der Waals surface area (Å²) in [6, 6.07) is 15.8. The molecule has 2 N–H and O–H groups in total. The van der Waals surface area contributed by atoms with Crippen molar-refractivity contribution in [2.24, 2.45) is 0 Å². The molecular formula is C17H13N5OS. The predicted molar refractivity (Wildman–Crippen MR) is 95.0 cm³/mol. The van der Waals surface area contributed by atoms with Crippen molar-refractivity contribution in [3.05, 3.63) is 54.9 Å². The molecule has 0 fully saturated rings. The minimum absolute atomic E-state index is 0.0311. The Balaban J connectivity index is 1.73. The monoisotopic (exact) mass is 335 g/mol. The maximum absolute atomic E-state index is 12.8. The number of aromatic nitrogens is 4. The number of hydrogen-bond donors (Lipinski definition) is 1. The fourth-order valence-electron chi connectivity index (χ4n) is 2.74. The highest BCUT2D eigenvalue weighted by Crippen LogP contribution is 2.29. The van der Waals surface area contributed by atoms with Gasteiger partial charge in [-0.15, -0.1) is 0 Å². The van der Waals surface area contributed by atoms with Crippen LogP contribution < -0.4 is 5.73 Å². The van der Waals surface area contributed by atoms with Crippen LogP contribution in [0.25, 0.3) is 21.8 Å². The van der Waals surface area contributed by atoms with Gasteiger partial charge in [0.05, 0.1) is 16.8 Å². The van der Waals surface area contributed by atoms with Gasteiger partial charge in [0, 0.05) is 10.8 Å². The zero-order valence-corrected chi connectivity index (χ0v) is 13.4. The van der Waals surface area contributed by atoms with Crippen molar-refractivity contribution in [3.8, 4) is 0 Å². The SMILES string of the molecule is Nc1ncnc(SCC(=O)n2c3ccccc3c3ccccc32)n1. The molecule has 2 heterocycles. The second-order valence-electron chi connectivity index (χ2n) is 5.18. The number of benzene rings is 2. The first kappa shape index (κ1) is 14.6. The van der Waals surface area contributed by atoms with E-state index in [0.717, 1.165) is 21.8 Å². The summed E-state index contributed by atoms with van der Waals surface area (Å²) in [5.74, 6) is 0.333. The average Bonchev–Trinajstić information content (AvgIpc) is 2.94. The molecule has 0 aliphatic rings. The molecule has 0 aliphatic heterocycles. The van der Waals surface area contributed by atoms with Crippen LogP contribution in [-0.4, -0.2) is 31.2 Å². The summed E-state index contributed by atoms with van der Waals surface area (Å²) in [6.07, 6.45) is 1.34. The van der Waals surface area contributed by atoms with Crippen molar-refractivity contribution in [2.75, 3.05) is 11.5 Å². The van der Waals surface area contributed by atoms with Gasteiger partial charge in [-0.25, -0.2) is 9.97 Å². The van der Waals surface area contributed by atoms with Crippen LogP contribution >= 0.6 is 11.8 Å². The van der Waals surface area contributed by atoms with E-state index in [0.29, 0.717) is 5.16 Å². The molecule has 0 aliphatic carbocycles. The lowest BCUT2D eigenvalue weighted by Crippen LogP contribution is -2.13. The summed E-state index contributed by atoms with van der Waals surface area (Å²) in [5.41, 5.74) is 7.35. The van der Waals surface area contributed by atoms with Crippen molar-refractivity contribution < 1.29 is 4.79 Å². The van der Waals surface area contributed by atoms with Crippen LogP contribution in [-0.2, 0) is 0 Å². The summed E-state index contributed by atoms with van der Waals surface area (Å²) in [4.78, 5) is 24.6. The van der Waals surface area contributed by atoms with Gasteiger partial charge in [-0.3, -0.25) is 9.36 Å². The van der Waals surface area contributed by atoms with Crippen LogP contribution in [0.4, 0.5) is 5.95 Å². The quantitative estimate of drug-likeness (QED) is 0.579. The Bertz CT molecular complexity index is 1010. The van der Waals surface area contributed by atoms with Crippen molar-refractivity contribution in [1.29, 1.82) is 0 Å². The zero-order valence-electron chi connectivity index (χ0n) is 12.6. The first-order valence-electron chi connectivity index (χ1n) is 7.33. The lowest BCUT2D eigenvalue weighted by Gasteiger charge is -2.05. The van der Waals surface area contributed by atoms with E-state index in [2.05, 4.69) is 15.0 Å². The molecule has 0 saturated heterocycles. The highest BCUT2D eigenvalue weighted by atomic mass is 32.2. The molecule has 2 aromatic heterocycles. The third kappa shape index (κ3) is 2.48. The van der Waals surface area contributed by atoms with Gasteiger partial charge in [-0.05, 0) is 12.1 Å². The number of para-hydroxylation sites is 2. The van der Waals surface area contributed by atoms with Gasteiger partial charge in [0.2, 0.25) is 11.9 Å². The van der Waals surface area contributed by atoms with Gasteiger partial charge in [0.25, 0.3) is 0 Å². The summed E-state index contributed by atoms with van der Waals surface area (Å²) in [7, 11) is 0. The maximum Gasteiger partial charge on any atom is 0.242 e. The average molecular weight is 335 g/mol. The number of carbonyl (C=O) groups excluding carboxylic acids is 1. The van der Waals surface area contributed by atoms with Gasteiger partial charge < -0.3 is 5.73 Å². The Kier molecular flexibility index (Phi) is 3.62. The molecule has 0 amide bonds. The van der Waals surface area contributed by atoms with Gasteiger partial charge in [-0.1, -0.05) is 48.2 Å². The van der Waals surface area contributed by atoms with E-state index in [9.17, 15) is 4.79 Å². The second kappa shape index (κ2) is 5.93. The third-order valence-electron chi connectivity index (χ3n) is 3.72. The molecule has 0 bridgehead atoms. The molecule has 0 atom stereocenters. The molecule has 4 aromatic rings. The van der Waals surface area contributed by atoms with Crippen molar-refractivity contribution >= 4 is 45.4 Å². The number of hydrogen-bond acceptors (Lipinski definition) is 6. The first-order valence-corrected chi connectivity index (χ1v) is 8.31. The molecular weight excluding hydrogens is 322 g/mol. The molecule has 0 spiro atoms. The molecule has 6 nitrogen and oxygen atoms in total. The highest BCUT2D eigenvalue weighted by molar-refractivity contribution is 7.99. The Hall–Kier alpha value is -2.93. The number of thioether (sulfide) groups is 1. The largest absolute Gasteiger partial charge is 0.368 e. The summed E-state index contributed by atoms with van der Waals surface area (Å²) in [5, 5.41) is 2.57. The molecule has 7 heteroatoms. The van der Waals surface area contributed by atoms with Crippen LogP contribution in [0.3, 0.4) is 0 Å². The van der Waals surface area contributed by atoms with E-state index in [1.165, 1.54) is 18.1 Å². The standard InChI is InChI=1S/C17H13N5OS/c18-16-19-10-20-17(21-16)24-9-15(23)22-13-7-3-1-5-11(13)12-6-2-4-8-14(12)22/h1-8,10H,9H2,(H2,18,19,20,21). The Labute approximate surface area is 141 Å². The smallest absolute Gasteiger partial charge is 0.242 e. The van der Waals surface area contributed by atoms with E-state index in [1.807, 2.05) is 48.5 Å². The molecule has 118 valence electrons. The Morgan fingerprint density at radius 1 is 1.00 bits per heavy atom. The number of fused-ring (bicyclic) bond motifs is 3. The Morgan fingerprint density at radius 2 is 1.62 bits per heavy atom. The lowest BCUT2D eigenvalue weighted by atomic mass is 10.2. The summed E-state index contributed by atoms with van der Waals surface area (Å²) in [6.45, 7) is 0. The predicted octanol–water partition coefficient (Wildman–Crippen LogP) is 2.99. The van der Waals surface area contributed by atoms with Crippen molar-refractivity contribution in [3.63, 3.8) is 0 Å². The third-order valence-corrected chi connectivity index (χ3v) is 4.57. The van der Waals surface area contributed by atoms with Crippen LogP contribution in [0.1, 0.15) is 4.79 Å². The van der Waals surface area contributed by atoms with E-state index >= 15 is 0 Å². The van der Waals surface area contributed by atoms with Crippen molar-refractivity contribution in [1.82, 2.24) is 19.5 Å². The molecule has 2 aromatic carbocycles. The molecule has 0 radical (unpaired) electrons. The van der Waals surface area contributed by atoms with Crippen LogP contribution in [0.2, 0.25) is 0 Å². The Morgan fingerprint density at radius 3 is 2.25 bits per heavy atom. The number of nitrogen functional groups attached to an aromatic ring is 1. The van der Waals surface area contributed by atoms with Gasteiger partial charge >= 0.3 is 0 Å². The van der Waals surface area contributed by atoms with Crippen LogP contribution in [0, 0.1) is 0 Å². The summed E-state index contributed by atoms with van der Waals surface area (Å²) >= 11 is 1.25. The number of nitrogens with two attached hydrogens (primary N) is 1. The van der Waals surface area contributed by atoms with Gasteiger partial charge in [0.15, 0.2) is 5.16 Å². The van der Waals surface area contributed by atoms with E-state index in [1.54, 1.807) is 4.57 Å². The number of rotatable bonds is 3. The van der Waals surface area contributed by atoms with Gasteiger partial charge in [-0.2, -0.15) is 4.98 Å². The van der Waals surface area contributed by atoms with E-state index < -0.39 is 0 Å². The van der Waals surface area contributed by atoms with Crippen molar-refractivity contribution in [2.45, 2.75) is 5.16 Å². The molecule has 4 rings (SSSR count). The van der Waals surface area contributed by atoms with Crippen LogP contribution in [0.15, 0.2) is 60.0 Å². The normalized spacial score (nSPS) is 11.2. The first-order chi connectivity index (χ1) is 11.7. The molecule has 0 unspecified atom stereocenters. The molecule has 0 saturated carbocycles. The number of carbonyl (C=O) groups is 1.